The summed E-state index contributed by atoms with van der Waals surface area (Å²) in [6.45, 7) is 0.381. The Balaban J connectivity index is 1.38. The molecule has 0 radical (unpaired) electrons. The number of fused-ring (bicyclic) bond motifs is 1. The number of aromatic nitrogens is 3. The molecule has 0 bridgehead atoms. The minimum atomic E-state index is -0.578. The molecule has 152 valence electrons. The molecule has 0 saturated heterocycles. The summed E-state index contributed by atoms with van der Waals surface area (Å²) in [5, 5.41) is 16.2. The monoisotopic (exact) mass is 421 g/mol. The third kappa shape index (κ3) is 4.29. The van der Waals surface area contributed by atoms with Gasteiger partial charge in [0, 0.05) is 34.6 Å². The Morgan fingerprint density at radius 3 is 2.70 bits per heavy atom. The van der Waals surface area contributed by atoms with Crippen molar-refractivity contribution in [1.82, 2.24) is 14.2 Å². The van der Waals surface area contributed by atoms with Gasteiger partial charge in [-0.2, -0.15) is 0 Å². The highest BCUT2D eigenvalue weighted by molar-refractivity contribution is 7.03. The standard InChI is InChI=1S/C22H19N3O4S/c26-13-21(27)17-3-2-15-8-10-25(22(28)19(15)12-17)9-1-11-29-18-6-4-16(5-7-18)20-14-30-24-23-20/h2-8,10,12,14,26H,1,9,11,13H2. The largest absolute Gasteiger partial charge is 0.494 e. The van der Waals surface area contributed by atoms with Gasteiger partial charge in [0.25, 0.3) is 5.56 Å². The molecule has 30 heavy (non-hydrogen) atoms. The molecule has 0 fully saturated rings. The average molecular weight is 421 g/mol. The normalized spacial score (nSPS) is 11.0. The van der Waals surface area contributed by atoms with Gasteiger partial charge in [-0.15, -0.1) is 5.10 Å². The van der Waals surface area contributed by atoms with Crippen LogP contribution < -0.4 is 10.3 Å². The van der Waals surface area contributed by atoms with Crippen LogP contribution in [0.25, 0.3) is 22.0 Å². The number of Topliss-reactive ketones (excluding diaryl/α,β-unsaturated/α-hetero) is 1. The molecule has 2 heterocycles. The Morgan fingerprint density at radius 2 is 1.97 bits per heavy atom. The van der Waals surface area contributed by atoms with Gasteiger partial charge in [0.05, 0.1) is 6.61 Å². The van der Waals surface area contributed by atoms with Gasteiger partial charge in [-0.25, -0.2) is 0 Å². The van der Waals surface area contributed by atoms with Gasteiger partial charge < -0.3 is 14.4 Å². The van der Waals surface area contributed by atoms with Crippen LogP contribution in [0.15, 0.2) is 64.9 Å². The number of ether oxygens (including phenoxy) is 1. The number of hydrogen-bond acceptors (Lipinski definition) is 7. The maximum atomic E-state index is 12.7. The van der Waals surface area contributed by atoms with Gasteiger partial charge in [-0.3, -0.25) is 9.59 Å². The van der Waals surface area contributed by atoms with Gasteiger partial charge in [0.1, 0.15) is 18.1 Å². The fraction of sp³-hybridized carbons (Fsp3) is 0.182. The van der Waals surface area contributed by atoms with Crippen molar-refractivity contribution in [3.05, 3.63) is 76.0 Å². The van der Waals surface area contributed by atoms with Gasteiger partial charge in [-0.05, 0) is 59.7 Å². The lowest BCUT2D eigenvalue weighted by Gasteiger charge is -2.10. The third-order valence-electron chi connectivity index (χ3n) is 4.77. The molecule has 2 aromatic carbocycles. The summed E-state index contributed by atoms with van der Waals surface area (Å²) in [7, 11) is 0. The Labute approximate surface area is 176 Å². The predicted octanol–water partition coefficient (Wildman–Crippen LogP) is 3.16. The summed E-state index contributed by atoms with van der Waals surface area (Å²) in [5.41, 5.74) is 1.99. The molecule has 0 aliphatic carbocycles. The number of aryl methyl sites for hydroxylation is 1. The highest BCUT2D eigenvalue weighted by Gasteiger charge is 2.09. The molecule has 2 aromatic heterocycles. The zero-order valence-corrected chi connectivity index (χ0v) is 16.8. The lowest BCUT2D eigenvalue weighted by atomic mass is 10.1. The van der Waals surface area contributed by atoms with E-state index in [2.05, 4.69) is 9.59 Å². The zero-order valence-electron chi connectivity index (χ0n) is 16.0. The van der Waals surface area contributed by atoms with E-state index in [4.69, 9.17) is 9.84 Å². The summed E-state index contributed by atoms with van der Waals surface area (Å²) in [5.74, 6) is 0.345. The van der Waals surface area contributed by atoms with Crippen LogP contribution in [0.2, 0.25) is 0 Å². The smallest absolute Gasteiger partial charge is 0.258 e. The Morgan fingerprint density at radius 1 is 1.13 bits per heavy atom. The maximum absolute atomic E-state index is 12.7. The molecule has 0 spiro atoms. The van der Waals surface area contributed by atoms with E-state index in [0.717, 1.165) is 22.4 Å². The number of carbonyl (C=O) groups is 1. The van der Waals surface area contributed by atoms with Gasteiger partial charge >= 0.3 is 0 Å². The number of aliphatic hydroxyl groups is 1. The topological polar surface area (TPSA) is 94.3 Å². The third-order valence-corrected chi connectivity index (χ3v) is 5.27. The minimum Gasteiger partial charge on any atom is -0.494 e. The molecule has 0 aliphatic heterocycles. The number of hydrogen-bond donors (Lipinski definition) is 1. The molecule has 0 atom stereocenters. The first kappa shape index (κ1) is 19.9. The Hall–Kier alpha value is -3.36. The summed E-state index contributed by atoms with van der Waals surface area (Å²) in [4.78, 5) is 24.4. The molecule has 4 aromatic rings. The first-order valence-corrected chi connectivity index (χ1v) is 10.3. The Kier molecular flexibility index (Phi) is 5.97. The van der Waals surface area contributed by atoms with Crippen molar-refractivity contribution in [3.63, 3.8) is 0 Å². The SMILES string of the molecule is O=C(CO)c1ccc2ccn(CCCOc3ccc(-c4csnn4)cc3)c(=O)c2c1. The summed E-state index contributed by atoms with van der Waals surface area (Å²) in [6, 6.07) is 14.4. The van der Waals surface area contributed by atoms with Crippen LogP contribution in [-0.4, -0.2) is 38.3 Å². The van der Waals surface area contributed by atoms with E-state index in [1.165, 1.54) is 11.5 Å². The number of pyridine rings is 1. The van der Waals surface area contributed by atoms with Crippen LogP contribution >= 0.6 is 11.5 Å². The second-order valence-electron chi connectivity index (χ2n) is 6.71. The molecule has 4 rings (SSSR count). The van der Waals surface area contributed by atoms with E-state index < -0.39 is 12.4 Å². The van der Waals surface area contributed by atoms with Gasteiger partial charge in [-0.1, -0.05) is 16.6 Å². The van der Waals surface area contributed by atoms with E-state index >= 15 is 0 Å². The van der Waals surface area contributed by atoms with Crippen LogP contribution in [-0.2, 0) is 6.54 Å². The van der Waals surface area contributed by atoms with Gasteiger partial charge in [0.2, 0.25) is 0 Å². The summed E-state index contributed by atoms with van der Waals surface area (Å²) >= 11 is 1.31. The van der Waals surface area contributed by atoms with E-state index in [-0.39, 0.29) is 5.56 Å². The van der Waals surface area contributed by atoms with E-state index in [9.17, 15) is 9.59 Å². The minimum absolute atomic E-state index is 0.165. The Bertz CT molecular complexity index is 1220. The van der Waals surface area contributed by atoms with Crippen LogP contribution in [0.3, 0.4) is 0 Å². The van der Waals surface area contributed by atoms with Crippen molar-refractivity contribution in [2.75, 3.05) is 13.2 Å². The average Bonchev–Trinajstić information content (AvgIpc) is 3.33. The number of carbonyl (C=O) groups excluding carboxylic acids is 1. The van der Waals surface area contributed by atoms with Crippen LogP contribution in [0, 0.1) is 0 Å². The number of rotatable bonds is 8. The zero-order chi connectivity index (χ0) is 20.9. The van der Waals surface area contributed by atoms with Crippen molar-refractivity contribution in [1.29, 1.82) is 0 Å². The molecule has 0 unspecified atom stereocenters. The van der Waals surface area contributed by atoms with Gasteiger partial charge in [0.15, 0.2) is 5.78 Å². The molecule has 1 N–H and O–H groups in total. The van der Waals surface area contributed by atoms with Crippen LogP contribution in [0.1, 0.15) is 16.8 Å². The quantitative estimate of drug-likeness (QED) is 0.347. The van der Waals surface area contributed by atoms with Crippen molar-refractivity contribution < 1.29 is 14.6 Å². The maximum Gasteiger partial charge on any atom is 0.258 e. The molecule has 0 aliphatic rings. The van der Waals surface area contributed by atoms with Crippen molar-refractivity contribution in [2.24, 2.45) is 0 Å². The van der Waals surface area contributed by atoms with E-state index in [0.29, 0.717) is 30.5 Å². The van der Waals surface area contributed by atoms with Crippen molar-refractivity contribution in [2.45, 2.75) is 13.0 Å². The van der Waals surface area contributed by atoms with Crippen LogP contribution in [0.4, 0.5) is 0 Å². The summed E-state index contributed by atoms with van der Waals surface area (Å²) in [6.07, 6.45) is 2.40. The van der Waals surface area contributed by atoms with Crippen LogP contribution in [0.5, 0.6) is 5.75 Å². The van der Waals surface area contributed by atoms with E-state index in [1.54, 1.807) is 29.0 Å². The lowest BCUT2D eigenvalue weighted by Crippen LogP contribution is -2.21. The molecule has 8 heteroatoms. The highest BCUT2D eigenvalue weighted by Crippen LogP contribution is 2.21. The highest BCUT2D eigenvalue weighted by atomic mass is 32.1. The number of ketones is 1. The number of aliphatic hydroxyl groups excluding tert-OH is 1. The number of benzene rings is 2. The number of nitrogens with zero attached hydrogens (tertiary/aromatic N) is 3. The second kappa shape index (κ2) is 8.98. The van der Waals surface area contributed by atoms with Crippen molar-refractivity contribution >= 4 is 28.1 Å². The lowest BCUT2D eigenvalue weighted by molar-refractivity contribution is 0.0904. The molecule has 7 nitrogen and oxygen atoms in total. The first-order valence-electron chi connectivity index (χ1n) is 9.43. The molecule has 0 saturated carbocycles. The van der Waals surface area contributed by atoms with E-state index in [1.807, 2.05) is 35.7 Å². The fourth-order valence-corrected chi connectivity index (χ4v) is 3.62. The first-order chi connectivity index (χ1) is 14.7. The predicted molar refractivity (Wildman–Crippen MR) is 115 cm³/mol. The fourth-order valence-electron chi connectivity index (χ4n) is 3.16. The van der Waals surface area contributed by atoms with Crippen molar-refractivity contribution in [3.8, 4) is 17.0 Å². The summed E-state index contributed by atoms with van der Waals surface area (Å²) < 4.78 is 11.2. The molecular formula is C22H19N3O4S. The molecule has 0 amide bonds. The molecular weight excluding hydrogens is 402 g/mol. The second-order valence-corrected chi connectivity index (χ2v) is 7.32.